The maximum atomic E-state index is 4.75. The largest absolute Gasteiger partial charge is 0.250 e. The Morgan fingerprint density at radius 1 is 1.00 bits per heavy atom. The van der Waals surface area contributed by atoms with E-state index in [1.165, 1.54) is 5.01 Å². The van der Waals surface area contributed by atoms with Crippen molar-refractivity contribution in [3.8, 4) is 0 Å². The van der Waals surface area contributed by atoms with Gasteiger partial charge in [-0.15, -0.1) is 23.1 Å². The van der Waals surface area contributed by atoms with E-state index in [2.05, 4.69) is 31.1 Å². The van der Waals surface area contributed by atoms with E-state index >= 15 is 0 Å². The summed E-state index contributed by atoms with van der Waals surface area (Å²) in [6.07, 6.45) is 0. The monoisotopic (exact) mass is 343 g/mol. The Morgan fingerprint density at radius 2 is 1.70 bits per heavy atom. The van der Waals surface area contributed by atoms with Crippen LogP contribution in [0.25, 0.3) is 11.0 Å². The van der Waals surface area contributed by atoms with Crippen LogP contribution in [0.15, 0.2) is 29.6 Å². The summed E-state index contributed by atoms with van der Waals surface area (Å²) in [5.74, 6) is 1.78. The fraction of sp³-hybridized carbons (Fsp3) is 0.389. The highest BCUT2D eigenvalue weighted by atomic mass is 32.2. The molecule has 0 spiro atoms. The molecule has 23 heavy (non-hydrogen) atoms. The van der Waals surface area contributed by atoms with E-state index in [1.807, 2.05) is 43.0 Å². The molecule has 3 rings (SSSR count). The van der Waals surface area contributed by atoms with E-state index in [4.69, 9.17) is 9.97 Å². The minimum Gasteiger partial charge on any atom is -0.250 e. The first-order valence-electron chi connectivity index (χ1n) is 7.68. The molecule has 0 radical (unpaired) electrons. The number of nitrogens with zero attached hydrogens (tertiary/aromatic N) is 3. The van der Waals surface area contributed by atoms with Gasteiger partial charge in [-0.1, -0.05) is 32.9 Å². The zero-order valence-corrected chi connectivity index (χ0v) is 15.6. The Balaban J connectivity index is 1.67. The number of para-hydroxylation sites is 2. The molecule has 0 bridgehead atoms. The van der Waals surface area contributed by atoms with Crippen LogP contribution in [0, 0.1) is 6.92 Å². The Kier molecular flexibility index (Phi) is 4.69. The molecule has 3 nitrogen and oxygen atoms in total. The first-order valence-corrected chi connectivity index (χ1v) is 9.72. The second kappa shape index (κ2) is 6.57. The quantitative estimate of drug-likeness (QED) is 0.658. The van der Waals surface area contributed by atoms with E-state index < -0.39 is 0 Å². The van der Waals surface area contributed by atoms with Crippen LogP contribution in [0.3, 0.4) is 0 Å². The Morgan fingerprint density at radius 3 is 2.35 bits per heavy atom. The molecular formula is C18H21N3S2. The number of hydrogen-bond donors (Lipinski definition) is 0. The van der Waals surface area contributed by atoms with Gasteiger partial charge in [-0.2, -0.15) is 0 Å². The molecule has 3 aromatic rings. The molecule has 0 saturated heterocycles. The highest BCUT2D eigenvalue weighted by molar-refractivity contribution is 7.97. The van der Waals surface area contributed by atoms with Crippen LogP contribution in [0.1, 0.15) is 42.9 Å². The van der Waals surface area contributed by atoms with Gasteiger partial charge < -0.3 is 0 Å². The molecule has 2 heterocycles. The van der Waals surface area contributed by atoms with E-state index in [9.17, 15) is 0 Å². The summed E-state index contributed by atoms with van der Waals surface area (Å²) in [7, 11) is 0. The lowest BCUT2D eigenvalue weighted by Gasteiger charge is -2.13. The molecular weight excluding hydrogens is 322 g/mol. The topological polar surface area (TPSA) is 38.7 Å². The van der Waals surface area contributed by atoms with Gasteiger partial charge in [-0.3, -0.25) is 0 Å². The standard InChI is InChI=1S/C18H21N3S2/c1-12-16(21-15-8-6-5-7-14(15)19-12)11-22-9-13-10-23-17(20-13)18(2,3)4/h5-8,10H,9,11H2,1-4H3. The number of aryl methyl sites for hydroxylation is 1. The summed E-state index contributed by atoms with van der Waals surface area (Å²) < 4.78 is 0. The van der Waals surface area contributed by atoms with Gasteiger partial charge >= 0.3 is 0 Å². The summed E-state index contributed by atoms with van der Waals surface area (Å²) in [5.41, 5.74) is 5.32. The molecule has 0 N–H and O–H groups in total. The zero-order valence-electron chi connectivity index (χ0n) is 14.0. The van der Waals surface area contributed by atoms with Gasteiger partial charge in [0.25, 0.3) is 0 Å². The molecule has 0 atom stereocenters. The number of thioether (sulfide) groups is 1. The number of thiazole rings is 1. The number of rotatable bonds is 4. The van der Waals surface area contributed by atoms with Gasteiger partial charge in [0.15, 0.2) is 0 Å². The smallest absolute Gasteiger partial charge is 0.0982 e. The highest BCUT2D eigenvalue weighted by Gasteiger charge is 2.17. The first-order chi connectivity index (χ1) is 10.9. The number of aromatic nitrogens is 3. The Labute approximate surface area is 145 Å². The second-order valence-electron chi connectivity index (χ2n) is 6.63. The minimum absolute atomic E-state index is 0.133. The number of hydrogen-bond acceptors (Lipinski definition) is 5. The summed E-state index contributed by atoms with van der Waals surface area (Å²) in [5, 5.41) is 3.38. The lowest BCUT2D eigenvalue weighted by Crippen LogP contribution is -2.10. The molecule has 5 heteroatoms. The van der Waals surface area contributed by atoms with Crippen LogP contribution >= 0.6 is 23.1 Å². The van der Waals surface area contributed by atoms with Gasteiger partial charge in [0.1, 0.15) is 0 Å². The van der Waals surface area contributed by atoms with Crippen LogP contribution in [0.2, 0.25) is 0 Å². The molecule has 0 unspecified atom stereocenters. The van der Waals surface area contributed by atoms with Crippen molar-refractivity contribution in [3.05, 3.63) is 51.7 Å². The average molecular weight is 344 g/mol. The lowest BCUT2D eigenvalue weighted by atomic mass is 9.98. The summed E-state index contributed by atoms with van der Waals surface area (Å²) >= 11 is 3.60. The molecule has 0 fully saturated rings. The van der Waals surface area contributed by atoms with E-state index in [1.54, 1.807) is 11.3 Å². The molecule has 120 valence electrons. The van der Waals surface area contributed by atoms with Crippen molar-refractivity contribution in [1.82, 2.24) is 15.0 Å². The normalized spacial score (nSPS) is 12.0. The van der Waals surface area contributed by atoms with Crippen LogP contribution < -0.4 is 0 Å². The molecule has 0 amide bonds. The predicted octanol–water partition coefficient (Wildman–Crippen LogP) is 5.13. The van der Waals surface area contributed by atoms with E-state index in [0.717, 1.165) is 39.6 Å². The Hall–Kier alpha value is -1.46. The van der Waals surface area contributed by atoms with Crippen molar-refractivity contribution in [2.75, 3.05) is 0 Å². The van der Waals surface area contributed by atoms with Crippen molar-refractivity contribution >= 4 is 34.1 Å². The van der Waals surface area contributed by atoms with Crippen LogP contribution in [-0.2, 0) is 16.9 Å². The van der Waals surface area contributed by atoms with Crippen LogP contribution in [0.5, 0.6) is 0 Å². The third-order valence-electron chi connectivity index (χ3n) is 3.53. The SMILES string of the molecule is Cc1nc2ccccc2nc1CSCc1csc(C(C)(C)C)n1. The highest BCUT2D eigenvalue weighted by Crippen LogP contribution is 2.27. The maximum absolute atomic E-state index is 4.75. The Bertz CT molecular complexity index is 818. The van der Waals surface area contributed by atoms with Crippen molar-refractivity contribution in [1.29, 1.82) is 0 Å². The molecule has 0 aliphatic heterocycles. The van der Waals surface area contributed by atoms with Crippen molar-refractivity contribution in [3.63, 3.8) is 0 Å². The fourth-order valence-electron chi connectivity index (χ4n) is 2.23. The third kappa shape index (κ3) is 3.90. The molecule has 0 aliphatic rings. The molecule has 0 saturated carbocycles. The first kappa shape index (κ1) is 16.4. The van der Waals surface area contributed by atoms with E-state index in [-0.39, 0.29) is 5.41 Å². The maximum Gasteiger partial charge on any atom is 0.0982 e. The van der Waals surface area contributed by atoms with Gasteiger partial charge in [0.2, 0.25) is 0 Å². The number of fused-ring (bicyclic) bond motifs is 1. The molecule has 0 aliphatic carbocycles. The summed E-state index contributed by atoms with van der Waals surface area (Å²) in [4.78, 5) is 14.1. The number of benzene rings is 1. The minimum atomic E-state index is 0.133. The van der Waals surface area contributed by atoms with Gasteiger partial charge in [0.05, 0.1) is 33.1 Å². The molecule has 2 aromatic heterocycles. The van der Waals surface area contributed by atoms with Gasteiger partial charge in [-0.05, 0) is 19.1 Å². The zero-order chi connectivity index (χ0) is 16.4. The van der Waals surface area contributed by atoms with Gasteiger partial charge in [0, 0.05) is 22.3 Å². The summed E-state index contributed by atoms with van der Waals surface area (Å²) in [6, 6.07) is 8.04. The second-order valence-corrected chi connectivity index (χ2v) is 8.47. The van der Waals surface area contributed by atoms with Crippen molar-refractivity contribution in [2.24, 2.45) is 0 Å². The van der Waals surface area contributed by atoms with Crippen molar-refractivity contribution in [2.45, 2.75) is 44.6 Å². The summed E-state index contributed by atoms with van der Waals surface area (Å²) in [6.45, 7) is 8.65. The molecule has 1 aromatic carbocycles. The van der Waals surface area contributed by atoms with Crippen molar-refractivity contribution < 1.29 is 0 Å². The average Bonchev–Trinajstić information content (AvgIpc) is 2.97. The van der Waals surface area contributed by atoms with Gasteiger partial charge in [-0.25, -0.2) is 15.0 Å². The predicted molar refractivity (Wildman–Crippen MR) is 100 cm³/mol. The fourth-order valence-corrected chi connectivity index (χ4v) is 4.17. The third-order valence-corrected chi connectivity index (χ3v) is 5.82. The van der Waals surface area contributed by atoms with E-state index in [0.29, 0.717) is 0 Å². The van der Waals surface area contributed by atoms with Crippen LogP contribution in [-0.4, -0.2) is 15.0 Å². The van der Waals surface area contributed by atoms with Crippen LogP contribution in [0.4, 0.5) is 0 Å². The lowest BCUT2D eigenvalue weighted by molar-refractivity contribution is 0.584.